The number of rotatable bonds is 11. The molecule has 0 unspecified atom stereocenters. The van der Waals surface area contributed by atoms with E-state index in [0.29, 0.717) is 48.2 Å². The van der Waals surface area contributed by atoms with Crippen LogP contribution in [-0.4, -0.2) is 42.3 Å². The second-order valence-corrected chi connectivity index (χ2v) is 6.18. The van der Waals surface area contributed by atoms with Gasteiger partial charge < -0.3 is 24.6 Å². The van der Waals surface area contributed by atoms with E-state index >= 15 is 0 Å². The molecule has 0 aliphatic carbocycles. The smallest absolute Gasteiger partial charge is 0.269 e. The summed E-state index contributed by atoms with van der Waals surface area (Å²) in [6, 6.07) is 8.62. The Labute approximate surface area is 174 Å². The lowest BCUT2D eigenvalue weighted by Crippen LogP contribution is -2.28. The van der Waals surface area contributed by atoms with Crippen LogP contribution in [0.2, 0.25) is 0 Å². The first-order chi connectivity index (χ1) is 14.4. The van der Waals surface area contributed by atoms with Gasteiger partial charge in [-0.1, -0.05) is 0 Å². The maximum absolute atomic E-state index is 12.6. The number of carbonyl (C=O) groups excluding carboxylic acids is 1. The topological polar surface area (TPSA) is 120 Å². The summed E-state index contributed by atoms with van der Waals surface area (Å²) in [5.74, 6) is 0.794. The third-order valence-corrected chi connectivity index (χ3v) is 4.12. The standard InChI is InChI=1S/C21H26N2O7/c1-4-28-18-11-15(12-19(29-5-2)20(18)30-6-3)21(25)22-13-17(24)14-7-9-16(10-8-14)23(26)27/h7-12,17,24H,4-6,13H2,1-3H3,(H,22,25)/t17-/m1/s1. The predicted octanol–water partition coefficient (Wildman–Crippen LogP) is 3.25. The van der Waals surface area contributed by atoms with Gasteiger partial charge in [-0.25, -0.2) is 0 Å². The molecule has 2 N–H and O–H groups in total. The van der Waals surface area contributed by atoms with Crippen LogP contribution in [0.15, 0.2) is 36.4 Å². The first kappa shape index (κ1) is 23.0. The SMILES string of the molecule is CCOc1cc(C(=O)NC[C@@H](O)c2ccc([N+](=O)[O-])cc2)cc(OCC)c1OCC. The quantitative estimate of drug-likeness (QED) is 0.424. The summed E-state index contributed by atoms with van der Waals surface area (Å²) < 4.78 is 16.8. The number of nitrogens with zero attached hydrogens (tertiary/aromatic N) is 1. The van der Waals surface area contributed by atoms with E-state index in [9.17, 15) is 20.0 Å². The Bertz CT molecular complexity index is 841. The van der Waals surface area contributed by atoms with Gasteiger partial charge in [0.15, 0.2) is 11.5 Å². The highest BCUT2D eigenvalue weighted by molar-refractivity contribution is 5.95. The number of nitro groups is 1. The summed E-state index contributed by atoms with van der Waals surface area (Å²) in [5, 5.41) is 23.7. The highest BCUT2D eigenvalue weighted by Gasteiger charge is 2.19. The van der Waals surface area contributed by atoms with E-state index in [2.05, 4.69) is 5.32 Å². The molecule has 2 rings (SSSR count). The Hall–Kier alpha value is -3.33. The zero-order valence-corrected chi connectivity index (χ0v) is 17.2. The summed E-state index contributed by atoms with van der Waals surface area (Å²) in [6.45, 7) is 6.59. The van der Waals surface area contributed by atoms with Crippen molar-refractivity contribution in [2.45, 2.75) is 26.9 Å². The predicted molar refractivity (Wildman–Crippen MR) is 110 cm³/mol. The van der Waals surface area contributed by atoms with Crippen molar-refractivity contribution >= 4 is 11.6 Å². The Morgan fingerprint density at radius 1 is 1.03 bits per heavy atom. The summed E-state index contributed by atoms with van der Waals surface area (Å²) >= 11 is 0. The Morgan fingerprint density at radius 3 is 2.03 bits per heavy atom. The fourth-order valence-corrected chi connectivity index (χ4v) is 2.75. The van der Waals surface area contributed by atoms with Crippen molar-refractivity contribution in [3.63, 3.8) is 0 Å². The van der Waals surface area contributed by atoms with Gasteiger partial charge in [0.25, 0.3) is 11.6 Å². The number of carbonyl (C=O) groups is 1. The molecule has 0 heterocycles. The molecule has 1 atom stereocenters. The first-order valence-electron chi connectivity index (χ1n) is 9.68. The third-order valence-electron chi connectivity index (χ3n) is 4.12. The molecule has 162 valence electrons. The number of aliphatic hydroxyl groups is 1. The zero-order chi connectivity index (χ0) is 22.1. The largest absolute Gasteiger partial charge is 0.490 e. The molecule has 30 heavy (non-hydrogen) atoms. The van der Waals surface area contributed by atoms with E-state index in [1.165, 1.54) is 24.3 Å². The normalized spacial score (nSPS) is 11.5. The van der Waals surface area contributed by atoms with Gasteiger partial charge in [0.1, 0.15) is 0 Å². The van der Waals surface area contributed by atoms with Gasteiger partial charge in [-0.15, -0.1) is 0 Å². The van der Waals surface area contributed by atoms with Crippen LogP contribution in [0.4, 0.5) is 5.69 Å². The molecule has 2 aromatic rings. The van der Waals surface area contributed by atoms with Crippen LogP contribution in [0.5, 0.6) is 17.2 Å². The molecule has 0 aromatic heterocycles. The van der Waals surface area contributed by atoms with Gasteiger partial charge in [0.05, 0.1) is 30.8 Å². The molecule has 1 amide bonds. The third kappa shape index (κ3) is 5.84. The number of amides is 1. The number of hydrogen-bond acceptors (Lipinski definition) is 7. The molecule has 0 aliphatic heterocycles. The first-order valence-corrected chi connectivity index (χ1v) is 9.68. The van der Waals surface area contributed by atoms with Crippen LogP contribution in [0.1, 0.15) is 42.8 Å². The Morgan fingerprint density at radius 2 is 1.57 bits per heavy atom. The van der Waals surface area contributed by atoms with Crippen molar-refractivity contribution in [2.24, 2.45) is 0 Å². The summed E-state index contributed by atoms with van der Waals surface area (Å²) in [5.41, 5.74) is 0.676. The van der Waals surface area contributed by atoms with Crippen molar-refractivity contribution < 1.29 is 29.0 Å². The highest BCUT2D eigenvalue weighted by Crippen LogP contribution is 2.39. The van der Waals surface area contributed by atoms with Gasteiger partial charge in [0.2, 0.25) is 5.75 Å². The molecule has 0 radical (unpaired) electrons. The highest BCUT2D eigenvalue weighted by atomic mass is 16.6. The number of benzene rings is 2. The lowest BCUT2D eigenvalue weighted by molar-refractivity contribution is -0.384. The number of non-ortho nitro benzene ring substituents is 1. The molecule has 9 heteroatoms. The van der Waals surface area contributed by atoms with Gasteiger partial charge in [-0.3, -0.25) is 14.9 Å². The molecule has 0 saturated heterocycles. The maximum atomic E-state index is 12.6. The molecule has 0 aliphatic rings. The number of ether oxygens (including phenoxy) is 3. The van der Waals surface area contributed by atoms with Crippen molar-refractivity contribution in [2.75, 3.05) is 26.4 Å². The molecule has 2 aromatic carbocycles. The Balaban J connectivity index is 2.15. The van der Waals surface area contributed by atoms with Crippen LogP contribution in [-0.2, 0) is 0 Å². The lowest BCUT2D eigenvalue weighted by Gasteiger charge is -2.17. The fourth-order valence-electron chi connectivity index (χ4n) is 2.75. The zero-order valence-electron chi connectivity index (χ0n) is 17.2. The van der Waals surface area contributed by atoms with Crippen LogP contribution in [0.25, 0.3) is 0 Å². The molecule has 0 fully saturated rings. The van der Waals surface area contributed by atoms with Crippen molar-refractivity contribution in [1.29, 1.82) is 0 Å². The number of aliphatic hydroxyl groups excluding tert-OH is 1. The molecular weight excluding hydrogens is 392 g/mol. The number of nitro benzene ring substituents is 1. The van der Waals surface area contributed by atoms with Crippen molar-refractivity contribution in [3.05, 3.63) is 57.6 Å². The summed E-state index contributed by atoms with van der Waals surface area (Å²) in [4.78, 5) is 22.8. The fraction of sp³-hybridized carbons (Fsp3) is 0.381. The minimum absolute atomic E-state index is 0.0716. The molecule has 0 spiro atoms. The van der Waals surface area contributed by atoms with Gasteiger partial charge in [-0.2, -0.15) is 0 Å². The van der Waals surface area contributed by atoms with Crippen LogP contribution in [0.3, 0.4) is 0 Å². The lowest BCUT2D eigenvalue weighted by atomic mass is 10.1. The van der Waals surface area contributed by atoms with Crippen molar-refractivity contribution in [3.8, 4) is 17.2 Å². The number of nitrogens with one attached hydrogen (secondary N) is 1. The minimum Gasteiger partial charge on any atom is -0.490 e. The maximum Gasteiger partial charge on any atom is 0.269 e. The van der Waals surface area contributed by atoms with Crippen LogP contribution >= 0.6 is 0 Å². The monoisotopic (exact) mass is 418 g/mol. The van der Waals surface area contributed by atoms with Crippen molar-refractivity contribution in [1.82, 2.24) is 5.32 Å². The van der Waals surface area contributed by atoms with E-state index in [4.69, 9.17) is 14.2 Å². The van der Waals surface area contributed by atoms with Crippen LogP contribution in [0, 0.1) is 10.1 Å². The van der Waals surface area contributed by atoms with E-state index in [1.807, 2.05) is 20.8 Å². The minimum atomic E-state index is -1.02. The van der Waals surface area contributed by atoms with E-state index in [0.717, 1.165) is 0 Å². The average molecular weight is 418 g/mol. The second-order valence-electron chi connectivity index (χ2n) is 6.18. The molecular formula is C21H26N2O7. The second kappa shape index (κ2) is 11.0. The average Bonchev–Trinajstić information content (AvgIpc) is 2.74. The van der Waals surface area contributed by atoms with Gasteiger partial charge in [0, 0.05) is 24.2 Å². The van der Waals surface area contributed by atoms with Crippen LogP contribution < -0.4 is 19.5 Å². The Kier molecular flexibility index (Phi) is 8.42. The molecule has 9 nitrogen and oxygen atoms in total. The van der Waals surface area contributed by atoms with E-state index in [1.54, 1.807) is 12.1 Å². The summed E-state index contributed by atoms with van der Waals surface area (Å²) in [6.07, 6.45) is -1.02. The van der Waals surface area contributed by atoms with Gasteiger partial charge in [-0.05, 0) is 50.6 Å². The van der Waals surface area contributed by atoms with Gasteiger partial charge >= 0.3 is 0 Å². The molecule has 0 saturated carbocycles. The van der Waals surface area contributed by atoms with E-state index < -0.39 is 16.9 Å². The molecule has 0 bridgehead atoms. The van der Waals surface area contributed by atoms with E-state index in [-0.39, 0.29) is 12.2 Å². The summed E-state index contributed by atoms with van der Waals surface area (Å²) in [7, 11) is 0. The number of hydrogen-bond donors (Lipinski definition) is 2.